The lowest BCUT2D eigenvalue weighted by molar-refractivity contribution is 0.169. The van der Waals surface area contributed by atoms with E-state index < -0.39 is 0 Å². The van der Waals surface area contributed by atoms with E-state index in [2.05, 4.69) is 48.0 Å². The number of aromatic nitrogens is 1. The van der Waals surface area contributed by atoms with Crippen LogP contribution in [-0.2, 0) is 12.8 Å². The minimum absolute atomic E-state index is 0.292. The smallest absolute Gasteiger partial charge is 0.129 e. The minimum Gasteiger partial charge on any atom is -0.490 e. The van der Waals surface area contributed by atoms with Crippen molar-refractivity contribution < 1.29 is 4.74 Å². The average Bonchev–Trinajstić information content (AvgIpc) is 3.12. The first-order valence-electron chi connectivity index (χ1n) is 9.27. The number of ether oxygens (including phenoxy) is 1. The number of aliphatic imine (C=N–C) groups is 1. The number of hydrogen-bond donors (Lipinski definition) is 0. The molecule has 0 saturated carbocycles. The Morgan fingerprint density at radius 3 is 2.76 bits per heavy atom. The van der Waals surface area contributed by atoms with Crippen molar-refractivity contribution in [1.29, 1.82) is 0 Å². The highest BCUT2D eigenvalue weighted by Gasteiger charge is 2.24. The van der Waals surface area contributed by atoms with Gasteiger partial charge in [-0.15, -0.1) is 0 Å². The Kier molecular flexibility index (Phi) is 4.43. The van der Waals surface area contributed by atoms with Crippen LogP contribution in [0.15, 0.2) is 35.3 Å². The van der Waals surface area contributed by atoms with Crippen LogP contribution in [0.2, 0.25) is 0 Å². The molecule has 1 aromatic heterocycles. The van der Waals surface area contributed by atoms with E-state index >= 15 is 0 Å². The molecule has 0 radical (unpaired) electrons. The molecule has 130 valence electrons. The Balaban J connectivity index is 1.43. The van der Waals surface area contributed by atoms with Crippen molar-refractivity contribution in [2.45, 2.75) is 45.6 Å². The van der Waals surface area contributed by atoms with Gasteiger partial charge in [0.1, 0.15) is 17.7 Å². The number of piperidine rings is 1. The van der Waals surface area contributed by atoms with Crippen LogP contribution >= 0.6 is 0 Å². The monoisotopic (exact) mass is 335 g/mol. The Morgan fingerprint density at radius 1 is 1.20 bits per heavy atom. The Bertz CT molecular complexity index is 792. The number of para-hydroxylation sites is 1. The highest BCUT2D eigenvalue weighted by Crippen LogP contribution is 2.32. The van der Waals surface area contributed by atoms with Crippen molar-refractivity contribution in [2.75, 3.05) is 18.0 Å². The van der Waals surface area contributed by atoms with Crippen LogP contribution in [0.5, 0.6) is 5.75 Å². The van der Waals surface area contributed by atoms with Gasteiger partial charge in [-0.05, 0) is 36.6 Å². The molecule has 0 bridgehead atoms. The predicted octanol–water partition coefficient (Wildman–Crippen LogP) is 4.26. The maximum atomic E-state index is 6.22. The number of rotatable bonds is 4. The third-order valence-electron chi connectivity index (χ3n) is 5.15. The zero-order chi connectivity index (χ0) is 17.2. The van der Waals surface area contributed by atoms with E-state index in [1.54, 1.807) is 0 Å². The molecule has 0 atom stereocenters. The summed E-state index contributed by atoms with van der Waals surface area (Å²) in [6.07, 6.45) is 6.22. The third kappa shape index (κ3) is 3.26. The Labute approximate surface area is 149 Å². The molecular formula is C21H25N3O. The predicted molar refractivity (Wildman–Crippen MR) is 103 cm³/mol. The standard InChI is InChI=1S/C21H25N3O/c1-3-18-21-16(8-11-22-21)14-20(23-18)24-12-9-17(10-13-24)25-19-7-5-4-6-15(19)2/h4-7,11,14,17H,3,8-10,12-13H2,1-2H3. The van der Waals surface area contributed by atoms with Crippen LogP contribution in [0.1, 0.15) is 36.6 Å². The average molecular weight is 335 g/mol. The van der Waals surface area contributed by atoms with Gasteiger partial charge in [0.25, 0.3) is 0 Å². The molecule has 2 aliphatic heterocycles. The lowest BCUT2D eigenvalue weighted by atomic mass is 10.1. The maximum Gasteiger partial charge on any atom is 0.129 e. The second-order valence-electron chi connectivity index (χ2n) is 6.87. The van der Waals surface area contributed by atoms with E-state index in [1.165, 1.54) is 11.1 Å². The largest absolute Gasteiger partial charge is 0.490 e. The summed E-state index contributed by atoms with van der Waals surface area (Å²) in [7, 11) is 0. The molecule has 4 heteroatoms. The second kappa shape index (κ2) is 6.87. The molecule has 0 N–H and O–H groups in total. The lowest BCUT2D eigenvalue weighted by Gasteiger charge is -2.33. The first kappa shape index (κ1) is 16.1. The summed E-state index contributed by atoms with van der Waals surface area (Å²) in [5.74, 6) is 2.12. The minimum atomic E-state index is 0.292. The molecule has 0 spiro atoms. The summed E-state index contributed by atoms with van der Waals surface area (Å²) in [5, 5.41) is 0. The molecule has 1 saturated heterocycles. The van der Waals surface area contributed by atoms with Crippen LogP contribution in [0, 0.1) is 6.92 Å². The van der Waals surface area contributed by atoms with Gasteiger partial charge < -0.3 is 9.64 Å². The van der Waals surface area contributed by atoms with Gasteiger partial charge in [0, 0.05) is 38.6 Å². The normalized spacial score (nSPS) is 17.0. The van der Waals surface area contributed by atoms with Gasteiger partial charge in [0.2, 0.25) is 0 Å². The Morgan fingerprint density at radius 2 is 2.00 bits per heavy atom. The zero-order valence-corrected chi connectivity index (χ0v) is 15.0. The van der Waals surface area contributed by atoms with E-state index in [9.17, 15) is 0 Å². The number of nitrogens with zero attached hydrogens (tertiary/aromatic N) is 3. The van der Waals surface area contributed by atoms with Crippen molar-refractivity contribution in [2.24, 2.45) is 4.99 Å². The molecule has 0 amide bonds. The fourth-order valence-corrected chi connectivity index (χ4v) is 3.66. The summed E-state index contributed by atoms with van der Waals surface area (Å²) in [6.45, 7) is 6.24. The summed E-state index contributed by atoms with van der Waals surface area (Å²) in [5.41, 5.74) is 4.75. The first-order valence-corrected chi connectivity index (χ1v) is 9.27. The molecule has 1 aromatic carbocycles. The van der Waals surface area contributed by atoms with Crippen molar-refractivity contribution in [3.05, 3.63) is 47.2 Å². The van der Waals surface area contributed by atoms with Crippen molar-refractivity contribution in [3.8, 4) is 5.75 Å². The number of aryl methyl sites for hydroxylation is 2. The second-order valence-corrected chi connectivity index (χ2v) is 6.87. The van der Waals surface area contributed by atoms with Gasteiger partial charge >= 0.3 is 0 Å². The van der Waals surface area contributed by atoms with E-state index in [0.29, 0.717) is 6.10 Å². The summed E-state index contributed by atoms with van der Waals surface area (Å²) >= 11 is 0. The van der Waals surface area contributed by atoms with E-state index in [-0.39, 0.29) is 0 Å². The van der Waals surface area contributed by atoms with E-state index in [1.807, 2.05) is 12.3 Å². The van der Waals surface area contributed by atoms with Crippen molar-refractivity contribution in [3.63, 3.8) is 0 Å². The zero-order valence-electron chi connectivity index (χ0n) is 15.0. The van der Waals surface area contributed by atoms with Crippen LogP contribution in [0.4, 0.5) is 11.5 Å². The highest BCUT2D eigenvalue weighted by molar-refractivity contribution is 5.78. The molecule has 3 heterocycles. The fraction of sp³-hybridized carbons (Fsp3) is 0.429. The van der Waals surface area contributed by atoms with Gasteiger partial charge in [0.15, 0.2) is 0 Å². The molecule has 1 fully saturated rings. The summed E-state index contributed by atoms with van der Waals surface area (Å²) in [4.78, 5) is 11.8. The van der Waals surface area contributed by atoms with Gasteiger partial charge in [0.05, 0.1) is 11.4 Å². The molecule has 25 heavy (non-hydrogen) atoms. The maximum absolute atomic E-state index is 6.22. The van der Waals surface area contributed by atoms with E-state index in [4.69, 9.17) is 9.72 Å². The third-order valence-corrected chi connectivity index (χ3v) is 5.15. The number of benzene rings is 1. The number of fused-ring (bicyclic) bond motifs is 1. The fourth-order valence-electron chi connectivity index (χ4n) is 3.66. The van der Waals surface area contributed by atoms with Gasteiger partial charge in [-0.3, -0.25) is 4.99 Å². The van der Waals surface area contributed by atoms with Gasteiger partial charge in [-0.2, -0.15) is 0 Å². The number of hydrogen-bond acceptors (Lipinski definition) is 4. The lowest BCUT2D eigenvalue weighted by Crippen LogP contribution is -2.38. The Hall–Kier alpha value is -2.36. The van der Waals surface area contributed by atoms with Gasteiger partial charge in [-0.1, -0.05) is 25.1 Å². The molecular weight excluding hydrogens is 310 g/mol. The molecule has 0 unspecified atom stereocenters. The van der Waals surface area contributed by atoms with E-state index in [0.717, 1.165) is 61.7 Å². The van der Waals surface area contributed by atoms with Crippen LogP contribution in [-0.4, -0.2) is 30.4 Å². The topological polar surface area (TPSA) is 37.7 Å². The van der Waals surface area contributed by atoms with Crippen LogP contribution in [0.25, 0.3) is 0 Å². The van der Waals surface area contributed by atoms with Crippen molar-refractivity contribution >= 4 is 17.7 Å². The molecule has 4 nitrogen and oxygen atoms in total. The quantitative estimate of drug-likeness (QED) is 0.838. The van der Waals surface area contributed by atoms with Crippen LogP contribution in [0.3, 0.4) is 0 Å². The number of pyridine rings is 1. The molecule has 2 aliphatic rings. The number of anilines is 1. The van der Waals surface area contributed by atoms with Crippen molar-refractivity contribution in [1.82, 2.24) is 4.98 Å². The summed E-state index contributed by atoms with van der Waals surface area (Å²) in [6, 6.07) is 10.5. The first-order chi connectivity index (χ1) is 12.2. The highest BCUT2D eigenvalue weighted by atomic mass is 16.5. The SMILES string of the molecule is CCc1nc(N2CCC(Oc3ccccc3C)CC2)cc2c1N=CC2. The molecule has 2 aromatic rings. The van der Waals surface area contributed by atoms with Crippen LogP contribution < -0.4 is 9.64 Å². The molecule has 0 aliphatic carbocycles. The summed E-state index contributed by atoms with van der Waals surface area (Å²) < 4.78 is 6.22. The van der Waals surface area contributed by atoms with Gasteiger partial charge in [-0.25, -0.2) is 4.98 Å². The molecule has 4 rings (SSSR count).